The molecule has 3 nitrogen and oxygen atoms in total. The summed E-state index contributed by atoms with van der Waals surface area (Å²) in [6.07, 6.45) is 8.40. The Hall–Kier alpha value is -2.55. The minimum Gasteiger partial charge on any atom is -0.308 e. The molecule has 1 rings (SSSR count). The van der Waals surface area contributed by atoms with Crippen LogP contribution >= 0.6 is 0 Å². The Morgan fingerprint density at radius 2 is 1.83 bits per heavy atom. The predicted molar refractivity (Wildman–Crippen MR) is 76.2 cm³/mol. The summed E-state index contributed by atoms with van der Waals surface area (Å²) in [6.45, 7) is 7.16. The summed E-state index contributed by atoms with van der Waals surface area (Å²) in [4.78, 5) is 11.7. The quantitative estimate of drug-likeness (QED) is 0.758. The van der Waals surface area contributed by atoms with Gasteiger partial charge in [-0.1, -0.05) is 49.6 Å². The van der Waals surface area contributed by atoms with Crippen molar-refractivity contribution >= 4 is 11.7 Å². The first-order valence-corrected chi connectivity index (χ1v) is 5.51. The number of anilines is 1. The molecule has 0 saturated heterocycles. The van der Waals surface area contributed by atoms with Crippen molar-refractivity contribution < 1.29 is 4.79 Å². The topological polar surface area (TPSA) is 41.1 Å². The number of allylic oxidation sites excluding steroid dienone is 5. The number of benzene rings is 1. The number of carbonyl (C=O) groups is 1. The van der Waals surface area contributed by atoms with Crippen LogP contribution in [-0.4, -0.2) is 6.03 Å². The third-order valence-corrected chi connectivity index (χ3v) is 2.00. The summed E-state index contributed by atoms with van der Waals surface area (Å²) in [6, 6.07) is 8.93. The highest BCUT2D eigenvalue weighted by Crippen LogP contribution is 2.05. The lowest BCUT2D eigenvalue weighted by atomic mass is 10.3. The largest absolute Gasteiger partial charge is 0.323 e. The van der Waals surface area contributed by atoms with Crippen LogP contribution in [0.3, 0.4) is 0 Å². The maximum atomic E-state index is 11.7. The van der Waals surface area contributed by atoms with E-state index in [1.807, 2.05) is 30.3 Å². The van der Waals surface area contributed by atoms with Gasteiger partial charge in [0.15, 0.2) is 0 Å². The molecule has 0 aliphatic heterocycles. The van der Waals surface area contributed by atoms with Crippen LogP contribution in [0.25, 0.3) is 0 Å². The lowest BCUT2D eigenvalue weighted by molar-refractivity contribution is 0.254. The average molecular weight is 240 g/mol. The van der Waals surface area contributed by atoms with E-state index >= 15 is 0 Å². The monoisotopic (exact) mass is 240 g/mol. The van der Waals surface area contributed by atoms with Gasteiger partial charge in [0, 0.05) is 11.4 Å². The molecule has 92 valence electrons. The maximum absolute atomic E-state index is 11.7. The summed E-state index contributed by atoms with van der Waals surface area (Å²) >= 11 is 0. The highest BCUT2D eigenvalue weighted by Gasteiger charge is 2.01. The van der Waals surface area contributed by atoms with Gasteiger partial charge in [-0.25, -0.2) is 4.79 Å². The molecule has 0 radical (unpaired) electrons. The smallest absolute Gasteiger partial charge is 0.308 e. The molecule has 18 heavy (non-hydrogen) atoms. The minimum atomic E-state index is -0.303. The minimum absolute atomic E-state index is 0.303. The van der Waals surface area contributed by atoms with Crippen molar-refractivity contribution in [1.82, 2.24) is 5.32 Å². The van der Waals surface area contributed by atoms with Crippen molar-refractivity contribution in [1.29, 1.82) is 0 Å². The number of rotatable bonds is 5. The molecule has 1 aromatic rings. The first-order chi connectivity index (χ1) is 8.76. The van der Waals surface area contributed by atoms with Crippen LogP contribution in [0.15, 0.2) is 79.6 Å². The lowest BCUT2D eigenvalue weighted by Crippen LogP contribution is -2.27. The molecule has 0 aromatic heterocycles. The van der Waals surface area contributed by atoms with Crippen molar-refractivity contribution in [2.24, 2.45) is 0 Å². The number of nitrogens with one attached hydrogen (secondary N) is 2. The van der Waals surface area contributed by atoms with Gasteiger partial charge in [0.05, 0.1) is 0 Å². The number of hydrogen-bond acceptors (Lipinski definition) is 1. The highest BCUT2D eigenvalue weighted by atomic mass is 16.2. The molecular formula is C15H16N2O. The summed E-state index contributed by atoms with van der Waals surface area (Å²) in [7, 11) is 0. The van der Waals surface area contributed by atoms with Crippen LogP contribution in [0.2, 0.25) is 0 Å². The number of para-hydroxylation sites is 1. The van der Waals surface area contributed by atoms with Crippen molar-refractivity contribution in [2.45, 2.75) is 0 Å². The Kier molecular flexibility index (Phi) is 5.77. The Morgan fingerprint density at radius 3 is 2.44 bits per heavy atom. The van der Waals surface area contributed by atoms with Crippen molar-refractivity contribution in [2.75, 3.05) is 5.32 Å². The summed E-state index contributed by atoms with van der Waals surface area (Å²) in [5.41, 5.74) is 1.37. The highest BCUT2D eigenvalue weighted by molar-refractivity contribution is 5.90. The van der Waals surface area contributed by atoms with Crippen LogP contribution < -0.4 is 10.6 Å². The Labute approximate surface area is 107 Å². The third-order valence-electron chi connectivity index (χ3n) is 2.00. The second kappa shape index (κ2) is 7.68. The summed E-state index contributed by atoms with van der Waals surface area (Å²) < 4.78 is 0. The van der Waals surface area contributed by atoms with Crippen LogP contribution in [0.5, 0.6) is 0 Å². The zero-order valence-corrected chi connectivity index (χ0v) is 10.1. The van der Waals surface area contributed by atoms with Gasteiger partial charge in [-0.05, 0) is 24.3 Å². The van der Waals surface area contributed by atoms with Gasteiger partial charge < -0.3 is 10.6 Å². The van der Waals surface area contributed by atoms with Gasteiger partial charge in [-0.2, -0.15) is 0 Å². The fraction of sp³-hybridized carbons (Fsp3) is 0. The second-order valence-electron chi connectivity index (χ2n) is 3.40. The zero-order valence-electron chi connectivity index (χ0n) is 10.1. The van der Waals surface area contributed by atoms with Crippen molar-refractivity contribution in [3.05, 3.63) is 79.6 Å². The van der Waals surface area contributed by atoms with E-state index < -0.39 is 0 Å². The van der Waals surface area contributed by atoms with Gasteiger partial charge in [0.2, 0.25) is 0 Å². The first-order valence-electron chi connectivity index (χ1n) is 5.51. The fourth-order valence-corrected chi connectivity index (χ4v) is 1.25. The van der Waals surface area contributed by atoms with Crippen LogP contribution in [0.4, 0.5) is 10.5 Å². The summed E-state index contributed by atoms with van der Waals surface area (Å²) in [5.74, 6) is 0. The molecule has 0 bridgehead atoms. The molecule has 0 unspecified atom stereocenters. The molecule has 0 heterocycles. The molecule has 0 spiro atoms. The molecule has 0 atom stereocenters. The van der Waals surface area contributed by atoms with E-state index in [0.717, 1.165) is 5.69 Å². The second-order valence-corrected chi connectivity index (χ2v) is 3.40. The third kappa shape index (κ3) is 4.99. The van der Waals surface area contributed by atoms with Crippen LogP contribution in [-0.2, 0) is 0 Å². The molecule has 2 amide bonds. The molecule has 0 aliphatic rings. The average Bonchev–Trinajstić information content (AvgIpc) is 2.37. The van der Waals surface area contributed by atoms with Gasteiger partial charge >= 0.3 is 6.03 Å². The maximum Gasteiger partial charge on any atom is 0.323 e. The molecule has 1 aromatic carbocycles. The van der Waals surface area contributed by atoms with E-state index in [1.54, 1.807) is 30.4 Å². The number of carbonyl (C=O) groups excluding carboxylic acids is 1. The Bertz CT molecular complexity index is 473. The van der Waals surface area contributed by atoms with Crippen LogP contribution in [0.1, 0.15) is 0 Å². The number of amides is 2. The molecule has 0 aliphatic carbocycles. The lowest BCUT2D eigenvalue weighted by Gasteiger charge is -2.07. The zero-order chi connectivity index (χ0) is 13.2. The molecule has 3 heteroatoms. The van der Waals surface area contributed by atoms with E-state index in [-0.39, 0.29) is 6.03 Å². The van der Waals surface area contributed by atoms with E-state index in [4.69, 9.17) is 0 Å². The van der Waals surface area contributed by atoms with Crippen molar-refractivity contribution in [3.8, 4) is 0 Å². The molecule has 2 N–H and O–H groups in total. The Balaban J connectivity index is 2.62. The number of urea groups is 1. The van der Waals surface area contributed by atoms with E-state index in [1.165, 1.54) is 0 Å². The van der Waals surface area contributed by atoms with E-state index in [2.05, 4.69) is 23.8 Å². The summed E-state index contributed by atoms with van der Waals surface area (Å²) in [5, 5.41) is 5.43. The van der Waals surface area contributed by atoms with Gasteiger partial charge in [-0.3, -0.25) is 0 Å². The standard InChI is InChI=1S/C15H16N2O/c1-3-5-10-13(9-4-2)16-15(18)17-14-11-7-6-8-12-14/h3-12H,1-2H2,(H2,16,17,18)/b10-5-,13-9+. The normalized spacial score (nSPS) is 11.0. The van der Waals surface area contributed by atoms with E-state index in [9.17, 15) is 4.79 Å². The molecule has 0 fully saturated rings. The Morgan fingerprint density at radius 1 is 1.11 bits per heavy atom. The predicted octanol–water partition coefficient (Wildman–Crippen LogP) is 3.62. The van der Waals surface area contributed by atoms with Crippen LogP contribution in [0, 0.1) is 0 Å². The van der Waals surface area contributed by atoms with Gasteiger partial charge in [0.25, 0.3) is 0 Å². The first kappa shape index (κ1) is 13.5. The molecular weight excluding hydrogens is 224 g/mol. The fourth-order valence-electron chi connectivity index (χ4n) is 1.25. The SMILES string of the molecule is C=C/C=C\C(=C/C=C)NC(=O)Nc1ccccc1. The molecule has 0 saturated carbocycles. The van der Waals surface area contributed by atoms with Gasteiger partial charge in [0.1, 0.15) is 0 Å². The van der Waals surface area contributed by atoms with Gasteiger partial charge in [-0.15, -0.1) is 0 Å². The van der Waals surface area contributed by atoms with E-state index in [0.29, 0.717) is 5.70 Å². The van der Waals surface area contributed by atoms with Crippen molar-refractivity contribution in [3.63, 3.8) is 0 Å². The number of hydrogen-bond donors (Lipinski definition) is 2.